The van der Waals surface area contributed by atoms with Gasteiger partial charge in [0.05, 0.1) is 6.20 Å². The topological polar surface area (TPSA) is 58.1 Å². The molecule has 1 aliphatic rings. The highest BCUT2D eigenvalue weighted by Gasteiger charge is 2.20. The number of anilines is 1. The molecule has 5 nitrogen and oxygen atoms in total. The molecule has 0 aliphatic carbocycles. The van der Waals surface area contributed by atoms with E-state index in [2.05, 4.69) is 20.2 Å². The molecule has 5 heteroatoms. The summed E-state index contributed by atoms with van der Waals surface area (Å²) in [6.07, 6.45) is 7.34. The molecular weight excluding hydrogens is 276 g/mol. The summed E-state index contributed by atoms with van der Waals surface area (Å²) >= 11 is 0. The Kier molecular flexibility index (Phi) is 4.63. The third-order valence-corrected chi connectivity index (χ3v) is 4.08. The van der Waals surface area contributed by atoms with E-state index in [1.807, 2.05) is 30.3 Å². The number of hydrogen-bond acceptors (Lipinski definition) is 4. The van der Waals surface area contributed by atoms with Crippen molar-refractivity contribution in [2.24, 2.45) is 5.92 Å². The van der Waals surface area contributed by atoms with Gasteiger partial charge in [0.25, 0.3) is 5.91 Å². The molecule has 0 atom stereocenters. The van der Waals surface area contributed by atoms with Crippen molar-refractivity contribution in [2.75, 3.05) is 24.5 Å². The highest BCUT2D eigenvalue weighted by Crippen LogP contribution is 2.20. The Morgan fingerprint density at radius 2 is 1.95 bits per heavy atom. The van der Waals surface area contributed by atoms with Crippen molar-refractivity contribution >= 4 is 11.7 Å². The quantitative estimate of drug-likeness (QED) is 0.939. The molecule has 1 fully saturated rings. The monoisotopic (exact) mass is 296 g/mol. The molecule has 1 amide bonds. The number of amides is 1. The molecule has 0 radical (unpaired) electrons. The number of carbonyl (C=O) groups is 1. The molecule has 1 saturated heterocycles. The maximum atomic E-state index is 12.0. The van der Waals surface area contributed by atoms with Crippen molar-refractivity contribution in [1.29, 1.82) is 0 Å². The highest BCUT2D eigenvalue weighted by atomic mass is 16.1. The Hall–Kier alpha value is -2.43. The average Bonchev–Trinajstić information content (AvgIpc) is 2.61. The number of aromatic nitrogens is 2. The largest absolute Gasteiger partial charge is 0.355 e. The minimum absolute atomic E-state index is 0.0111. The Labute approximate surface area is 130 Å². The van der Waals surface area contributed by atoms with Gasteiger partial charge in [-0.25, -0.2) is 4.98 Å². The van der Waals surface area contributed by atoms with E-state index in [9.17, 15) is 4.79 Å². The lowest BCUT2D eigenvalue weighted by Crippen LogP contribution is -2.39. The van der Waals surface area contributed by atoms with Gasteiger partial charge in [0.1, 0.15) is 5.82 Å². The van der Waals surface area contributed by atoms with Crippen LogP contribution in [-0.4, -0.2) is 35.5 Å². The zero-order valence-electron chi connectivity index (χ0n) is 12.5. The number of nitrogens with one attached hydrogen (secondary N) is 1. The highest BCUT2D eigenvalue weighted by molar-refractivity contribution is 5.94. The third kappa shape index (κ3) is 3.61. The number of benzene rings is 1. The molecule has 3 rings (SSSR count). The summed E-state index contributed by atoms with van der Waals surface area (Å²) in [6.45, 7) is 2.66. The Bertz CT molecular complexity index is 595. The van der Waals surface area contributed by atoms with Gasteiger partial charge in [-0.05, 0) is 30.9 Å². The first kappa shape index (κ1) is 14.5. The maximum absolute atomic E-state index is 12.0. The van der Waals surface area contributed by atoms with Gasteiger partial charge in [0.2, 0.25) is 0 Å². The van der Waals surface area contributed by atoms with E-state index in [0.717, 1.165) is 43.9 Å². The third-order valence-electron chi connectivity index (χ3n) is 4.08. The first-order valence-electron chi connectivity index (χ1n) is 7.67. The van der Waals surface area contributed by atoms with E-state index in [1.165, 1.54) is 0 Å². The molecule has 0 saturated carbocycles. The van der Waals surface area contributed by atoms with Crippen LogP contribution >= 0.6 is 0 Å². The normalized spacial score (nSPS) is 15.5. The second-order valence-electron chi connectivity index (χ2n) is 5.57. The minimum Gasteiger partial charge on any atom is -0.355 e. The maximum Gasteiger partial charge on any atom is 0.251 e. The predicted octanol–water partition coefficient (Wildman–Crippen LogP) is 2.12. The molecule has 2 aromatic rings. The summed E-state index contributed by atoms with van der Waals surface area (Å²) in [5, 5.41) is 3.04. The standard InChI is InChI=1S/C17H20N4O/c22-17(15-4-2-1-3-5-15)20-12-14-6-10-21(11-7-14)16-13-18-8-9-19-16/h1-5,8-9,13-14H,6-7,10-12H2,(H,20,22). The van der Waals surface area contributed by atoms with Crippen molar-refractivity contribution < 1.29 is 4.79 Å². The van der Waals surface area contributed by atoms with E-state index in [-0.39, 0.29) is 5.91 Å². The first-order valence-corrected chi connectivity index (χ1v) is 7.67. The van der Waals surface area contributed by atoms with Crippen LogP contribution in [0.1, 0.15) is 23.2 Å². The van der Waals surface area contributed by atoms with Crippen LogP contribution in [0.25, 0.3) is 0 Å². The average molecular weight is 296 g/mol. The molecule has 22 heavy (non-hydrogen) atoms. The van der Waals surface area contributed by atoms with Gasteiger partial charge in [0, 0.05) is 37.6 Å². The van der Waals surface area contributed by atoms with Crippen LogP contribution in [0.4, 0.5) is 5.82 Å². The van der Waals surface area contributed by atoms with Crippen molar-refractivity contribution in [2.45, 2.75) is 12.8 Å². The molecule has 1 aromatic carbocycles. The molecule has 0 bridgehead atoms. The van der Waals surface area contributed by atoms with Crippen LogP contribution in [0.3, 0.4) is 0 Å². The van der Waals surface area contributed by atoms with Gasteiger partial charge in [-0.2, -0.15) is 0 Å². The van der Waals surface area contributed by atoms with E-state index >= 15 is 0 Å². The van der Waals surface area contributed by atoms with Crippen molar-refractivity contribution in [1.82, 2.24) is 15.3 Å². The number of rotatable bonds is 4. The van der Waals surface area contributed by atoms with Gasteiger partial charge in [-0.3, -0.25) is 9.78 Å². The smallest absolute Gasteiger partial charge is 0.251 e. The van der Waals surface area contributed by atoms with Crippen LogP contribution in [0.5, 0.6) is 0 Å². The lowest BCUT2D eigenvalue weighted by molar-refractivity contribution is 0.0945. The molecule has 1 aromatic heterocycles. The van der Waals surface area contributed by atoms with E-state index < -0.39 is 0 Å². The summed E-state index contributed by atoms with van der Waals surface area (Å²) in [5.74, 6) is 1.48. The van der Waals surface area contributed by atoms with Gasteiger partial charge >= 0.3 is 0 Å². The molecule has 0 unspecified atom stereocenters. The van der Waals surface area contributed by atoms with Gasteiger partial charge in [0.15, 0.2) is 0 Å². The zero-order chi connectivity index (χ0) is 15.2. The second-order valence-corrected chi connectivity index (χ2v) is 5.57. The van der Waals surface area contributed by atoms with Crippen LogP contribution < -0.4 is 10.2 Å². The zero-order valence-corrected chi connectivity index (χ0v) is 12.5. The van der Waals surface area contributed by atoms with Gasteiger partial charge < -0.3 is 10.2 Å². The minimum atomic E-state index is 0.0111. The predicted molar refractivity (Wildman–Crippen MR) is 85.7 cm³/mol. The SMILES string of the molecule is O=C(NCC1CCN(c2cnccn2)CC1)c1ccccc1. The Balaban J connectivity index is 1.45. The molecule has 2 heterocycles. The van der Waals surface area contributed by atoms with Crippen molar-refractivity contribution in [3.05, 3.63) is 54.5 Å². The van der Waals surface area contributed by atoms with Crippen LogP contribution in [-0.2, 0) is 0 Å². The number of carbonyl (C=O) groups excluding carboxylic acids is 1. The number of nitrogens with zero attached hydrogens (tertiary/aromatic N) is 3. The molecule has 0 spiro atoms. The molecular formula is C17H20N4O. The second kappa shape index (κ2) is 7.02. The van der Waals surface area contributed by atoms with Crippen LogP contribution in [0, 0.1) is 5.92 Å². The Morgan fingerprint density at radius 3 is 2.64 bits per heavy atom. The van der Waals surface area contributed by atoms with Crippen molar-refractivity contribution in [3.63, 3.8) is 0 Å². The van der Waals surface area contributed by atoms with Crippen LogP contribution in [0.15, 0.2) is 48.9 Å². The summed E-state index contributed by atoms with van der Waals surface area (Å²) in [5.41, 5.74) is 0.722. The number of piperidine rings is 1. The lowest BCUT2D eigenvalue weighted by Gasteiger charge is -2.32. The Morgan fingerprint density at radius 1 is 1.18 bits per heavy atom. The van der Waals surface area contributed by atoms with Crippen molar-refractivity contribution in [3.8, 4) is 0 Å². The molecule has 1 aliphatic heterocycles. The van der Waals surface area contributed by atoms with E-state index in [1.54, 1.807) is 18.6 Å². The van der Waals surface area contributed by atoms with Crippen LogP contribution in [0.2, 0.25) is 0 Å². The summed E-state index contributed by atoms with van der Waals surface area (Å²) in [7, 11) is 0. The van der Waals surface area contributed by atoms with Gasteiger partial charge in [-0.1, -0.05) is 18.2 Å². The fraction of sp³-hybridized carbons (Fsp3) is 0.353. The fourth-order valence-electron chi connectivity index (χ4n) is 2.75. The number of hydrogen-bond donors (Lipinski definition) is 1. The van der Waals surface area contributed by atoms with E-state index in [4.69, 9.17) is 0 Å². The molecule has 114 valence electrons. The molecule has 1 N–H and O–H groups in total. The summed E-state index contributed by atoms with van der Waals surface area (Å²) in [6, 6.07) is 9.36. The van der Waals surface area contributed by atoms with E-state index in [0.29, 0.717) is 5.92 Å². The summed E-state index contributed by atoms with van der Waals surface area (Å²) < 4.78 is 0. The summed E-state index contributed by atoms with van der Waals surface area (Å²) in [4.78, 5) is 22.7. The fourth-order valence-corrected chi connectivity index (χ4v) is 2.75. The van der Waals surface area contributed by atoms with Gasteiger partial charge in [-0.15, -0.1) is 0 Å². The lowest BCUT2D eigenvalue weighted by atomic mass is 9.96. The first-order chi connectivity index (χ1) is 10.8.